The van der Waals surface area contributed by atoms with Gasteiger partial charge in [-0.25, -0.2) is 0 Å². The Morgan fingerprint density at radius 1 is 1.29 bits per heavy atom. The van der Waals surface area contributed by atoms with Crippen LogP contribution in [0, 0.1) is 11.8 Å². The van der Waals surface area contributed by atoms with Crippen LogP contribution in [0.15, 0.2) is 18.2 Å². The van der Waals surface area contributed by atoms with Crippen LogP contribution in [0.4, 0.5) is 0 Å². The number of carbonyl (C=O) groups is 2. The van der Waals surface area contributed by atoms with Crippen molar-refractivity contribution in [3.63, 3.8) is 0 Å². The summed E-state index contributed by atoms with van der Waals surface area (Å²) in [6.07, 6.45) is 0.954. The normalized spacial score (nSPS) is 15.4. The third-order valence-electron chi connectivity index (χ3n) is 3.93. The van der Waals surface area contributed by atoms with Gasteiger partial charge in [0.25, 0.3) is 0 Å². The van der Waals surface area contributed by atoms with E-state index in [0.29, 0.717) is 17.1 Å². The minimum Gasteiger partial charge on any atom is -0.469 e. The van der Waals surface area contributed by atoms with Crippen LogP contribution in [-0.2, 0) is 9.53 Å². The third-order valence-corrected chi connectivity index (χ3v) is 3.93. The van der Waals surface area contributed by atoms with Gasteiger partial charge >= 0.3 is 5.97 Å². The Bertz CT molecular complexity index is 537. The molecular formula is C16H20O5. The lowest BCUT2D eigenvalue weighted by molar-refractivity contribution is -0.147. The Balaban J connectivity index is 2.13. The lowest BCUT2D eigenvalue weighted by atomic mass is 9.86. The van der Waals surface area contributed by atoms with Crippen LogP contribution in [0.3, 0.4) is 0 Å². The van der Waals surface area contributed by atoms with Crippen molar-refractivity contribution in [3.05, 3.63) is 23.8 Å². The fourth-order valence-electron chi connectivity index (χ4n) is 2.34. The standard InChI is InChI=1S/C16H20O5/c1-4-10(2)12(16(18)19-3)8-13(17)11-5-6-14-15(7-11)21-9-20-14/h5-7,10,12H,4,8-9H2,1-3H3/t10-,12-/m1/s1. The molecular weight excluding hydrogens is 272 g/mol. The van der Waals surface area contributed by atoms with Crippen LogP contribution in [0.2, 0.25) is 0 Å². The second-order valence-electron chi connectivity index (χ2n) is 5.21. The first-order valence-electron chi connectivity index (χ1n) is 7.07. The van der Waals surface area contributed by atoms with Gasteiger partial charge in [-0.05, 0) is 24.1 Å². The zero-order valence-corrected chi connectivity index (χ0v) is 12.5. The molecule has 2 atom stereocenters. The number of rotatable bonds is 6. The van der Waals surface area contributed by atoms with Crippen LogP contribution in [0.1, 0.15) is 37.0 Å². The predicted octanol–water partition coefficient (Wildman–Crippen LogP) is 2.82. The highest BCUT2D eigenvalue weighted by molar-refractivity contribution is 5.98. The summed E-state index contributed by atoms with van der Waals surface area (Å²) in [6, 6.07) is 5.07. The minimum absolute atomic E-state index is 0.0930. The molecule has 114 valence electrons. The Morgan fingerprint density at radius 2 is 2.00 bits per heavy atom. The molecule has 0 saturated heterocycles. The Kier molecular flexibility index (Phi) is 4.83. The van der Waals surface area contributed by atoms with Crippen LogP contribution >= 0.6 is 0 Å². The van der Waals surface area contributed by atoms with E-state index in [0.717, 1.165) is 6.42 Å². The maximum Gasteiger partial charge on any atom is 0.309 e. The maximum atomic E-state index is 12.4. The van der Waals surface area contributed by atoms with Gasteiger partial charge in [-0.1, -0.05) is 20.3 Å². The van der Waals surface area contributed by atoms with E-state index in [4.69, 9.17) is 14.2 Å². The summed E-state index contributed by atoms with van der Waals surface area (Å²) >= 11 is 0. The first kappa shape index (κ1) is 15.4. The molecule has 5 nitrogen and oxygen atoms in total. The number of esters is 1. The zero-order chi connectivity index (χ0) is 15.4. The number of hydrogen-bond donors (Lipinski definition) is 0. The second-order valence-corrected chi connectivity index (χ2v) is 5.21. The Labute approximate surface area is 124 Å². The quantitative estimate of drug-likeness (QED) is 0.596. The fraction of sp³-hybridized carbons (Fsp3) is 0.500. The molecule has 0 aromatic heterocycles. The molecule has 0 saturated carbocycles. The molecule has 21 heavy (non-hydrogen) atoms. The number of fused-ring (bicyclic) bond motifs is 1. The van der Waals surface area contributed by atoms with E-state index >= 15 is 0 Å². The largest absolute Gasteiger partial charge is 0.469 e. The van der Waals surface area contributed by atoms with Gasteiger partial charge < -0.3 is 14.2 Å². The molecule has 5 heteroatoms. The molecule has 0 spiro atoms. The second kappa shape index (κ2) is 6.61. The molecule has 1 aliphatic heterocycles. The van der Waals surface area contributed by atoms with E-state index < -0.39 is 5.92 Å². The molecule has 1 aromatic carbocycles. The first-order valence-corrected chi connectivity index (χ1v) is 7.07. The van der Waals surface area contributed by atoms with Gasteiger partial charge in [-0.15, -0.1) is 0 Å². The summed E-state index contributed by atoms with van der Waals surface area (Å²) in [5, 5.41) is 0. The van der Waals surface area contributed by atoms with Crippen molar-refractivity contribution in [2.75, 3.05) is 13.9 Å². The highest BCUT2D eigenvalue weighted by Crippen LogP contribution is 2.33. The third kappa shape index (κ3) is 3.35. The molecule has 2 rings (SSSR count). The Morgan fingerprint density at radius 3 is 2.67 bits per heavy atom. The Hall–Kier alpha value is -2.04. The molecule has 1 heterocycles. The van der Waals surface area contributed by atoms with Gasteiger partial charge in [0.15, 0.2) is 17.3 Å². The van der Waals surface area contributed by atoms with Crippen molar-refractivity contribution in [2.45, 2.75) is 26.7 Å². The highest BCUT2D eigenvalue weighted by atomic mass is 16.7. The highest BCUT2D eigenvalue weighted by Gasteiger charge is 2.28. The molecule has 0 radical (unpaired) electrons. The number of Topliss-reactive ketones (excluding diaryl/α,β-unsaturated/α-hetero) is 1. The van der Waals surface area contributed by atoms with Gasteiger partial charge in [-0.2, -0.15) is 0 Å². The van der Waals surface area contributed by atoms with Crippen molar-refractivity contribution in [1.29, 1.82) is 0 Å². The number of ketones is 1. The molecule has 0 amide bonds. The number of benzene rings is 1. The summed E-state index contributed by atoms with van der Waals surface area (Å²) in [5.74, 6) is 0.452. The maximum absolute atomic E-state index is 12.4. The lowest BCUT2D eigenvalue weighted by Gasteiger charge is -2.19. The predicted molar refractivity (Wildman–Crippen MR) is 76.5 cm³/mol. The van der Waals surface area contributed by atoms with Crippen molar-refractivity contribution in [2.24, 2.45) is 11.8 Å². The number of ether oxygens (including phenoxy) is 3. The molecule has 0 N–H and O–H groups in total. The van der Waals surface area contributed by atoms with Crippen molar-refractivity contribution in [3.8, 4) is 11.5 Å². The molecule has 0 unspecified atom stereocenters. The smallest absolute Gasteiger partial charge is 0.309 e. The van der Waals surface area contributed by atoms with E-state index in [-0.39, 0.29) is 30.9 Å². The van der Waals surface area contributed by atoms with Gasteiger partial charge in [0.1, 0.15) is 0 Å². The first-order chi connectivity index (χ1) is 10.1. The molecule has 0 fully saturated rings. The SMILES string of the molecule is CC[C@@H](C)[C@@H](CC(=O)c1ccc2c(c1)OCO2)C(=O)OC. The van der Waals surface area contributed by atoms with Crippen molar-refractivity contribution < 1.29 is 23.8 Å². The lowest BCUT2D eigenvalue weighted by Crippen LogP contribution is -2.26. The van der Waals surface area contributed by atoms with E-state index in [1.165, 1.54) is 7.11 Å². The minimum atomic E-state index is -0.419. The molecule has 1 aliphatic rings. The summed E-state index contributed by atoms with van der Waals surface area (Å²) in [7, 11) is 1.35. The van der Waals surface area contributed by atoms with Crippen LogP contribution < -0.4 is 9.47 Å². The van der Waals surface area contributed by atoms with Gasteiger partial charge in [0.2, 0.25) is 6.79 Å². The van der Waals surface area contributed by atoms with Gasteiger partial charge in [0.05, 0.1) is 13.0 Å². The van der Waals surface area contributed by atoms with Crippen molar-refractivity contribution in [1.82, 2.24) is 0 Å². The van der Waals surface area contributed by atoms with E-state index in [1.807, 2.05) is 13.8 Å². The van der Waals surface area contributed by atoms with Gasteiger partial charge in [0, 0.05) is 12.0 Å². The van der Waals surface area contributed by atoms with Gasteiger partial charge in [-0.3, -0.25) is 9.59 Å². The van der Waals surface area contributed by atoms with Crippen molar-refractivity contribution >= 4 is 11.8 Å². The van der Waals surface area contributed by atoms with Crippen LogP contribution in [0.25, 0.3) is 0 Å². The summed E-state index contributed by atoms with van der Waals surface area (Å²) in [4.78, 5) is 24.2. The zero-order valence-electron chi connectivity index (χ0n) is 12.5. The molecule has 0 aliphatic carbocycles. The molecule has 1 aromatic rings. The fourth-order valence-corrected chi connectivity index (χ4v) is 2.34. The summed E-state index contributed by atoms with van der Waals surface area (Å²) in [5.41, 5.74) is 0.524. The van der Waals surface area contributed by atoms with Crippen LogP contribution in [-0.4, -0.2) is 25.7 Å². The molecule has 0 bridgehead atoms. The van der Waals surface area contributed by atoms with E-state index in [9.17, 15) is 9.59 Å². The summed E-state index contributed by atoms with van der Waals surface area (Å²) in [6.45, 7) is 4.12. The average molecular weight is 292 g/mol. The number of hydrogen-bond acceptors (Lipinski definition) is 5. The van der Waals surface area contributed by atoms with E-state index in [2.05, 4.69) is 0 Å². The van der Waals surface area contributed by atoms with E-state index in [1.54, 1.807) is 18.2 Å². The number of methoxy groups -OCH3 is 1. The topological polar surface area (TPSA) is 61.8 Å². The average Bonchev–Trinajstić information content (AvgIpc) is 2.98. The monoisotopic (exact) mass is 292 g/mol. The number of carbonyl (C=O) groups excluding carboxylic acids is 2. The van der Waals surface area contributed by atoms with Crippen LogP contribution in [0.5, 0.6) is 11.5 Å². The summed E-state index contributed by atoms with van der Waals surface area (Å²) < 4.78 is 15.3.